The molecule has 0 aliphatic heterocycles. The molecule has 0 saturated carbocycles. The van der Waals surface area contributed by atoms with Crippen LogP contribution in [0.1, 0.15) is 19.0 Å². The Morgan fingerprint density at radius 1 is 1.63 bits per heavy atom. The highest BCUT2D eigenvalue weighted by atomic mass is 32.2. The Balaban J connectivity index is 2.00. The number of hydrogen-bond donors (Lipinski definition) is 1. The number of nitrogens with zero attached hydrogens (tertiary/aromatic N) is 2. The van der Waals surface area contributed by atoms with E-state index in [1.165, 1.54) is 0 Å². The minimum Gasteiger partial charge on any atom is -0.480 e. The van der Waals surface area contributed by atoms with Gasteiger partial charge in [0.05, 0.1) is 7.11 Å². The summed E-state index contributed by atoms with van der Waals surface area (Å²) in [5.74, 6) is 1.40. The molecular formula is C12H19N3O2S2. The van der Waals surface area contributed by atoms with Gasteiger partial charge in [0, 0.05) is 47.0 Å². The number of thiazole rings is 1. The summed E-state index contributed by atoms with van der Waals surface area (Å²) in [5, 5.41) is 5.44. The smallest absolute Gasteiger partial charge is 0.237 e. The summed E-state index contributed by atoms with van der Waals surface area (Å²) in [5.41, 5.74) is 1.03. The number of rotatable bonds is 7. The third-order valence-corrected chi connectivity index (χ3v) is 4.54. The average molecular weight is 301 g/mol. The van der Waals surface area contributed by atoms with Crippen molar-refractivity contribution in [1.82, 2.24) is 14.7 Å². The maximum Gasteiger partial charge on any atom is 0.237 e. The fraction of sp³-hybridized carbons (Fsp3) is 0.583. The van der Waals surface area contributed by atoms with E-state index in [1.807, 2.05) is 16.0 Å². The minimum atomic E-state index is -0.729. The van der Waals surface area contributed by atoms with Crippen molar-refractivity contribution in [2.45, 2.75) is 25.9 Å². The Bertz CT molecular complexity index is 564. The van der Waals surface area contributed by atoms with Crippen molar-refractivity contribution in [3.05, 3.63) is 17.3 Å². The van der Waals surface area contributed by atoms with E-state index < -0.39 is 10.8 Å². The molecule has 2 rings (SSSR count). The van der Waals surface area contributed by atoms with E-state index in [9.17, 15) is 4.21 Å². The fourth-order valence-corrected chi connectivity index (χ4v) is 3.26. The van der Waals surface area contributed by atoms with Crippen LogP contribution in [0.2, 0.25) is 0 Å². The van der Waals surface area contributed by atoms with Crippen molar-refractivity contribution >= 4 is 27.1 Å². The molecule has 1 N–H and O–H groups in total. The van der Waals surface area contributed by atoms with Crippen LogP contribution < -0.4 is 10.1 Å². The zero-order valence-electron chi connectivity index (χ0n) is 11.4. The van der Waals surface area contributed by atoms with Crippen molar-refractivity contribution in [3.63, 3.8) is 0 Å². The van der Waals surface area contributed by atoms with Gasteiger partial charge in [0.15, 0.2) is 4.96 Å². The van der Waals surface area contributed by atoms with E-state index in [2.05, 4.69) is 17.2 Å². The molecule has 0 saturated heterocycles. The lowest BCUT2D eigenvalue weighted by Crippen LogP contribution is -2.27. The highest BCUT2D eigenvalue weighted by molar-refractivity contribution is 7.84. The second-order valence-electron chi connectivity index (χ2n) is 4.47. The lowest BCUT2D eigenvalue weighted by Gasteiger charge is -2.13. The summed E-state index contributed by atoms with van der Waals surface area (Å²) < 4.78 is 18.4. The number of ether oxygens (including phenoxy) is 1. The molecule has 0 amide bonds. The molecule has 106 valence electrons. The Morgan fingerprint density at radius 2 is 2.42 bits per heavy atom. The number of methoxy groups -OCH3 is 1. The molecule has 0 bridgehead atoms. The van der Waals surface area contributed by atoms with E-state index in [-0.39, 0.29) is 0 Å². The van der Waals surface area contributed by atoms with Crippen molar-refractivity contribution in [2.75, 3.05) is 19.1 Å². The zero-order valence-corrected chi connectivity index (χ0v) is 13.0. The molecule has 2 atom stereocenters. The van der Waals surface area contributed by atoms with Crippen LogP contribution in [0, 0.1) is 0 Å². The van der Waals surface area contributed by atoms with E-state index in [1.54, 1.807) is 24.7 Å². The second kappa shape index (κ2) is 6.49. The van der Waals surface area contributed by atoms with Crippen LogP contribution in [-0.4, -0.2) is 38.8 Å². The molecule has 0 fully saturated rings. The van der Waals surface area contributed by atoms with Gasteiger partial charge in [-0.3, -0.25) is 8.61 Å². The van der Waals surface area contributed by atoms with Gasteiger partial charge in [-0.1, -0.05) is 0 Å². The average Bonchev–Trinajstić information content (AvgIpc) is 2.94. The van der Waals surface area contributed by atoms with Crippen LogP contribution in [0.5, 0.6) is 5.88 Å². The monoisotopic (exact) mass is 301 g/mol. The van der Waals surface area contributed by atoms with Crippen LogP contribution in [-0.2, 0) is 17.3 Å². The number of imidazole rings is 1. The Labute approximate surface area is 119 Å². The summed E-state index contributed by atoms with van der Waals surface area (Å²) in [6, 6.07) is 0.317. The third-order valence-electron chi connectivity index (χ3n) is 2.97. The molecule has 2 aromatic heterocycles. The van der Waals surface area contributed by atoms with Gasteiger partial charge in [0.25, 0.3) is 0 Å². The van der Waals surface area contributed by atoms with Crippen molar-refractivity contribution in [3.8, 4) is 5.88 Å². The normalized spacial score (nSPS) is 14.7. The molecule has 7 heteroatoms. The molecule has 2 unspecified atom stereocenters. The third kappa shape index (κ3) is 3.55. The highest BCUT2D eigenvalue weighted by Gasteiger charge is 2.14. The molecule has 2 aromatic rings. The molecule has 5 nitrogen and oxygen atoms in total. The minimum absolute atomic E-state index is 0.317. The van der Waals surface area contributed by atoms with Crippen LogP contribution in [0.25, 0.3) is 4.96 Å². The molecule has 19 heavy (non-hydrogen) atoms. The van der Waals surface area contributed by atoms with Gasteiger partial charge in [0.1, 0.15) is 5.69 Å². The van der Waals surface area contributed by atoms with Gasteiger partial charge in [-0.2, -0.15) is 4.98 Å². The predicted molar refractivity (Wildman–Crippen MR) is 79.5 cm³/mol. The summed E-state index contributed by atoms with van der Waals surface area (Å²) in [6.45, 7) is 2.80. The van der Waals surface area contributed by atoms with Gasteiger partial charge in [-0.15, -0.1) is 11.3 Å². The topological polar surface area (TPSA) is 55.6 Å². The number of fused-ring (bicyclic) bond motifs is 1. The van der Waals surface area contributed by atoms with Gasteiger partial charge in [0.2, 0.25) is 5.88 Å². The van der Waals surface area contributed by atoms with E-state index in [4.69, 9.17) is 4.74 Å². The first-order chi connectivity index (χ1) is 9.11. The van der Waals surface area contributed by atoms with Crippen LogP contribution in [0.15, 0.2) is 11.6 Å². The molecule has 2 heterocycles. The quantitative estimate of drug-likeness (QED) is 0.845. The number of hydrogen-bond acceptors (Lipinski definition) is 5. The Morgan fingerprint density at radius 3 is 3.11 bits per heavy atom. The first-order valence-electron chi connectivity index (χ1n) is 6.13. The van der Waals surface area contributed by atoms with E-state index in [0.717, 1.165) is 22.8 Å². The molecular weight excluding hydrogens is 282 g/mol. The highest BCUT2D eigenvalue weighted by Crippen LogP contribution is 2.22. The SMILES string of the molecule is COc1nc2sccn2c1CNC(C)CCS(C)=O. The summed E-state index contributed by atoms with van der Waals surface area (Å²) in [4.78, 5) is 5.35. The van der Waals surface area contributed by atoms with Crippen LogP contribution >= 0.6 is 11.3 Å². The number of aromatic nitrogens is 2. The molecule has 0 aromatic carbocycles. The maximum absolute atomic E-state index is 11.1. The van der Waals surface area contributed by atoms with Crippen molar-refractivity contribution < 1.29 is 8.95 Å². The summed E-state index contributed by atoms with van der Waals surface area (Å²) >= 11 is 1.59. The standard InChI is InChI=1S/C12H19N3O2S2/c1-9(4-7-19(3)16)13-8-10-11(17-2)14-12-15(10)5-6-18-12/h5-6,9,13H,4,7-8H2,1-3H3. The Hall–Kier alpha value is -0.920. The molecule has 0 aliphatic rings. The van der Waals surface area contributed by atoms with Crippen molar-refractivity contribution in [2.24, 2.45) is 0 Å². The molecule has 0 aliphatic carbocycles. The van der Waals surface area contributed by atoms with Gasteiger partial charge in [-0.05, 0) is 13.3 Å². The largest absolute Gasteiger partial charge is 0.480 e. The van der Waals surface area contributed by atoms with E-state index in [0.29, 0.717) is 18.5 Å². The van der Waals surface area contributed by atoms with Crippen molar-refractivity contribution in [1.29, 1.82) is 0 Å². The molecule has 0 spiro atoms. The van der Waals surface area contributed by atoms with Gasteiger partial charge >= 0.3 is 0 Å². The Kier molecular flexibility index (Phi) is 4.95. The van der Waals surface area contributed by atoms with Crippen LogP contribution in [0.3, 0.4) is 0 Å². The first-order valence-corrected chi connectivity index (χ1v) is 8.74. The maximum atomic E-state index is 11.1. The number of nitrogens with one attached hydrogen (secondary N) is 1. The first kappa shape index (κ1) is 14.5. The fourth-order valence-electron chi connectivity index (χ4n) is 1.85. The molecule has 0 radical (unpaired) electrons. The van der Waals surface area contributed by atoms with Gasteiger partial charge < -0.3 is 10.1 Å². The summed E-state index contributed by atoms with van der Waals surface area (Å²) in [7, 11) is 0.910. The van der Waals surface area contributed by atoms with Crippen LogP contribution in [0.4, 0.5) is 0 Å². The van der Waals surface area contributed by atoms with Gasteiger partial charge in [-0.25, -0.2) is 0 Å². The summed E-state index contributed by atoms with van der Waals surface area (Å²) in [6.07, 6.45) is 4.64. The van der Waals surface area contributed by atoms with E-state index >= 15 is 0 Å². The second-order valence-corrected chi connectivity index (χ2v) is 6.90. The lowest BCUT2D eigenvalue weighted by molar-refractivity contribution is 0.390. The predicted octanol–water partition coefficient (Wildman–Crippen LogP) is 1.65. The lowest BCUT2D eigenvalue weighted by atomic mass is 10.2. The zero-order chi connectivity index (χ0) is 13.8.